The molecule has 3 heterocycles. The molecule has 31 heavy (non-hydrogen) atoms. The minimum absolute atomic E-state index is 0.0276. The van der Waals surface area contributed by atoms with Crippen LogP contribution in [0.1, 0.15) is 24.0 Å². The van der Waals surface area contributed by atoms with E-state index in [1.807, 2.05) is 42.9 Å². The summed E-state index contributed by atoms with van der Waals surface area (Å²) in [5.41, 5.74) is 4.71. The fourth-order valence-corrected chi connectivity index (χ4v) is 4.13. The van der Waals surface area contributed by atoms with Gasteiger partial charge < -0.3 is 15.6 Å². The van der Waals surface area contributed by atoms with Gasteiger partial charge in [-0.3, -0.25) is 5.41 Å². The fraction of sp³-hybridized carbons (Fsp3) is 0.250. The van der Waals surface area contributed by atoms with E-state index in [2.05, 4.69) is 38.8 Å². The van der Waals surface area contributed by atoms with E-state index in [-0.39, 0.29) is 5.38 Å². The number of nitrogens with two attached hydrogens (primary N) is 1. The van der Waals surface area contributed by atoms with Crippen molar-refractivity contribution in [1.29, 1.82) is 0 Å². The smallest absolute Gasteiger partial charge is 0.167 e. The summed E-state index contributed by atoms with van der Waals surface area (Å²) < 4.78 is 0. The van der Waals surface area contributed by atoms with Gasteiger partial charge in [0.25, 0.3) is 0 Å². The van der Waals surface area contributed by atoms with Crippen LogP contribution in [0.4, 0.5) is 0 Å². The van der Waals surface area contributed by atoms with Crippen LogP contribution in [-0.4, -0.2) is 40.7 Å². The van der Waals surface area contributed by atoms with E-state index in [4.69, 9.17) is 28.6 Å². The van der Waals surface area contributed by atoms with Gasteiger partial charge in [0.05, 0.1) is 5.38 Å². The molecule has 0 amide bonds. The molecule has 2 atom stereocenters. The molecular formula is C24H26Cl2N5+. The zero-order valence-electron chi connectivity index (χ0n) is 17.1. The number of halogens is 2. The summed E-state index contributed by atoms with van der Waals surface area (Å²) in [5, 5.41) is 14.4. The highest BCUT2D eigenvalue weighted by molar-refractivity contribution is 6.33. The van der Waals surface area contributed by atoms with Crippen molar-refractivity contribution in [3.8, 4) is 0 Å². The molecule has 2 unspecified atom stereocenters. The Labute approximate surface area is 192 Å². The molecule has 7 heteroatoms. The highest BCUT2D eigenvalue weighted by Gasteiger charge is 2.12. The van der Waals surface area contributed by atoms with Crippen LogP contribution in [0.2, 0.25) is 0 Å². The Balaban J connectivity index is 1.54. The van der Waals surface area contributed by atoms with E-state index in [1.165, 1.54) is 0 Å². The van der Waals surface area contributed by atoms with E-state index in [1.54, 1.807) is 6.21 Å². The summed E-state index contributed by atoms with van der Waals surface area (Å²) in [6, 6.07) is 2.48. The minimum Gasteiger partial charge on any atom is -0.391 e. The lowest BCUT2D eigenvalue weighted by Gasteiger charge is -2.18. The number of H-pyrrole nitrogens is 1. The number of nitrogens with zero attached hydrogens (tertiary/aromatic N) is 1. The highest BCUT2D eigenvalue weighted by atomic mass is 35.5. The lowest BCUT2D eigenvalue weighted by Crippen LogP contribution is -2.34. The maximum Gasteiger partial charge on any atom is 0.167 e. The molecule has 1 aliphatic carbocycles. The molecule has 0 saturated carbocycles. The summed E-state index contributed by atoms with van der Waals surface area (Å²) in [4.78, 5) is 7.80. The van der Waals surface area contributed by atoms with Gasteiger partial charge in [0, 0.05) is 58.6 Å². The zero-order valence-corrected chi connectivity index (χ0v) is 18.6. The van der Waals surface area contributed by atoms with Gasteiger partial charge in [-0.25, -0.2) is 4.98 Å². The molecule has 2 aliphatic rings. The van der Waals surface area contributed by atoms with Crippen LogP contribution >= 0.6 is 23.2 Å². The van der Waals surface area contributed by atoms with Crippen LogP contribution in [0.15, 0.2) is 65.6 Å². The van der Waals surface area contributed by atoms with Crippen molar-refractivity contribution < 1.29 is 5.41 Å². The Kier molecular flexibility index (Phi) is 7.07. The fourth-order valence-electron chi connectivity index (χ4n) is 3.69. The molecule has 1 aliphatic heterocycles. The van der Waals surface area contributed by atoms with E-state index < -0.39 is 0 Å². The lowest BCUT2D eigenvalue weighted by atomic mass is 10.0. The summed E-state index contributed by atoms with van der Waals surface area (Å²) >= 11 is 12.6. The van der Waals surface area contributed by atoms with Gasteiger partial charge in [-0.1, -0.05) is 48.1 Å². The minimum atomic E-state index is -0.0276. The SMILES string of the molecule is [NH2+]=C/C(=C\CNC1C=CNCC1)c1cnc2[nH]cc(/C=C/C3=CC(Cl)CC=C3Cl)c2c1. The number of alkyl halides is 1. The van der Waals surface area contributed by atoms with Gasteiger partial charge in [-0.05, 0) is 30.7 Å². The maximum absolute atomic E-state index is 6.32. The largest absolute Gasteiger partial charge is 0.391 e. The Morgan fingerprint density at radius 1 is 1.35 bits per heavy atom. The average molecular weight is 455 g/mol. The second kappa shape index (κ2) is 10.1. The predicted molar refractivity (Wildman–Crippen MR) is 131 cm³/mol. The first-order valence-electron chi connectivity index (χ1n) is 10.4. The predicted octanol–water partition coefficient (Wildman–Crippen LogP) is 3.31. The Morgan fingerprint density at radius 2 is 2.26 bits per heavy atom. The quantitative estimate of drug-likeness (QED) is 0.382. The molecule has 0 spiro atoms. The van der Waals surface area contributed by atoms with Crippen LogP contribution < -0.4 is 16.0 Å². The first-order chi connectivity index (χ1) is 15.1. The topological polar surface area (TPSA) is 78.3 Å². The third kappa shape index (κ3) is 5.37. The van der Waals surface area contributed by atoms with Crippen molar-refractivity contribution >= 4 is 52.1 Å². The number of hydrogen-bond donors (Lipinski definition) is 4. The number of aromatic amines is 1. The Hall–Kier alpha value is -2.60. The monoisotopic (exact) mass is 454 g/mol. The number of pyridine rings is 1. The second-order valence-corrected chi connectivity index (χ2v) is 8.53. The molecule has 160 valence electrons. The van der Waals surface area contributed by atoms with Crippen LogP contribution in [0.3, 0.4) is 0 Å². The maximum atomic E-state index is 6.32. The van der Waals surface area contributed by atoms with Crippen LogP contribution in [-0.2, 0) is 0 Å². The van der Waals surface area contributed by atoms with Crippen molar-refractivity contribution in [3.05, 3.63) is 76.8 Å². The molecule has 0 fully saturated rings. The average Bonchev–Trinajstić information content (AvgIpc) is 3.20. The van der Waals surface area contributed by atoms with Gasteiger partial charge in [-0.2, -0.15) is 0 Å². The third-order valence-electron chi connectivity index (χ3n) is 5.42. The molecule has 2 aromatic rings. The summed E-state index contributed by atoms with van der Waals surface area (Å²) in [7, 11) is 0. The zero-order chi connectivity index (χ0) is 21.6. The van der Waals surface area contributed by atoms with E-state index >= 15 is 0 Å². The molecule has 5 N–H and O–H groups in total. The second-order valence-electron chi connectivity index (χ2n) is 7.57. The molecule has 0 radical (unpaired) electrons. The van der Waals surface area contributed by atoms with Gasteiger partial charge >= 0.3 is 0 Å². The van der Waals surface area contributed by atoms with Crippen LogP contribution in [0.25, 0.3) is 22.7 Å². The third-order valence-corrected chi connectivity index (χ3v) is 6.10. The number of fused-ring (bicyclic) bond motifs is 1. The normalized spacial score (nSPS) is 21.8. The lowest BCUT2D eigenvalue weighted by molar-refractivity contribution is -0.103. The molecule has 5 nitrogen and oxygen atoms in total. The van der Waals surface area contributed by atoms with E-state index in [0.717, 1.165) is 64.3 Å². The first-order valence-corrected chi connectivity index (χ1v) is 11.2. The molecule has 0 aromatic carbocycles. The molecule has 0 saturated heterocycles. The number of aromatic nitrogens is 2. The van der Waals surface area contributed by atoms with Gasteiger partial charge in [0.1, 0.15) is 5.65 Å². The van der Waals surface area contributed by atoms with Gasteiger partial charge in [0.15, 0.2) is 6.21 Å². The molecule has 0 bridgehead atoms. The standard InChI is InChI=1S/C24H25Cl2N5/c25-20-3-4-23(26)16(11-20)1-2-18-14-30-24-22(18)12-19(15-31-24)17(13-27)5-10-29-21-6-8-28-9-7-21/h1-2,4-6,8,11-15,20-21,27-29H,3,7,9-10H2,(H,30,31)/p+1/b2-1+,17-5+,27-13?. The number of rotatable bonds is 7. The molecule has 2 aromatic heterocycles. The van der Waals surface area contributed by atoms with Gasteiger partial charge in [-0.15, -0.1) is 11.6 Å². The van der Waals surface area contributed by atoms with Crippen molar-refractivity contribution in [2.45, 2.75) is 24.3 Å². The van der Waals surface area contributed by atoms with Crippen molar-refractivity contribution in [1.82, 2.24) is 20.6 Å². The van der Waals surface area contributed by atoms with E-state index in [0.29, 0.717) is 6.04 Å². The summed E-state index contributed by atoms with van der Waals surface area (Å²) in [6.07, 6.45) is 21.4. The number of nitrogens with one attached hydrogen (secondary N) is 3. The van der Waals surface area contributed by atoms with Crippen molar-refractivity contribution in [3.63, 3.8) is 0 Å². The van der Waals surface area contributed by atoms with E-state index in [9.17, 15) is 0 Å². The van der Waals surface area contributed by atoms with Crippen LogP contribution in [0, 0.1) is 0 Å². The Morgan fingerprint density at radius 3 is 3.06 bits per heavy atom. The van der Waals surface area contributed by atoms with Gasteiger partial charge in [0.2, 0.25) is 0 Å². The van der Waals surface area contributed by atoms with Crippen LogP contribution in [0.5, 0.6) is 0 Å². The van der Waals surface area contributed by atoms with Crippen molar-refractivity contribution in [2.75, 3.05) is 13.1 Å². The number of allylic oxidation sites excluding steroid dienone is 6. The molecular weight excluding hydrogens is 429 g/mol. The summed E-state index contributed by atoms with van der Waals surface area (Å²) in [5.74, 6) is 0. The Bertz CT molecular complexity index is 1110. The first kappa shape index (κ1) is 21.6. The summed E-state index contributed by atoms with van der Waals surface area (Å²) in [6.45, 7) is 1.72. The van der Waals surface area contributed by atoms with Crippen molar-refractivity contribution in [2.24, 2.45) is 0 Å². The highest BCUT2D eigenvalue weighted by Crippen LogP contribution is 2.28. The molecule has 4 rings (SSSR count). The number of hydrogen-bond acceptors (Lipinski definition) is 3.